The maximum Gasteiger partial charge on any atom is 0.256 e. The molecule has 2 aromatic rings. The fourth-order valence-electron chi connectivity index (χ4n) is 1.38. The summed E-state index contributed by atoms with van der Waals surface area (Å²) in [5.41, 5.74) is 6.98. The van der Waals surface area contributed by atoms with Crippen molar-refractivity contribution >= 4 is 23.3 Å². The van der Waals surface area contributed by atoms with Gasteiger partial charge in [-0.15, -0.1) is 0 Å². The lowest BCUT2D eigenvalue weighted by Gasteiger charge is -2.04. The van der Waals surface area contributed by atoms with Crippen molar-refractivity contribution in [3.8, 4) is 0 Å². The number of carbonyl (C=O) groups excluding carboxylic acids is 1. The number of hydrogen-bond acceptors (Lipinski definition) is 4. The van der Waals surface area contributed by atoms with Gasteiger partial charge in [0.1, 0.15) is 17.3 Å². The minimum atomic E-state index is -0.256. The summed E-state index contributed by atoms with van der Waals surface area (Å²) in [6, 6.07) is 8.51. The van der Waals surface area contributed by atoms with Gasteiger partial charge in [0, 0.05) is 18.2 Å². The highest BCUT2D eigenvalue weighted by molar-refractivity contribution is 6.29. The van der Waals surface area contributed by atoms with Crippen LogP contribution in [0.25, 0.3) is 0 Å². The standard InChI is InChI=1S/C12H11ClN4O/c13-10-5-11(16-7-15-10)17-12(18)9-3-1-8(6-14)2-4-9/h1-5,7H,6,14H2,(H,15,16,17,18). The molecule has 0 atom stereocenters. The second kappa shape index (κ2) is 5.57. The summed E-state index contributed by atoms with van der Waals surface area (Å²) < 4.78 is 0. The summed E-state index contributed by atoms with van der Waals surface area (Å²) >= 11 is 5.70. The van der Waals surface area contributed by atoms with E-state index in [2.05, 4.69) is 15.3 Å². The second-order valence-electron chi connectivity index (χ2n) is 3.58. The lowest BCUT2D eigenvalue weighted by Crippen LogP contribution is -2.13. The van der Waals surface area contributed by atoms with Gasteiger partial charge in [-0.05, 0) is 17.7 Å². The minimum absolute atomic E-state index is 0.256. The van der Waals surface area contributed by atoms with Gasteiger partial charge in [0.05, 0.1) is 0 Å². The number of anilines is 1. The average Bonchev–Trinajstić information content (AvgIpc) is 2.39. The Morgan fingerprint density at radius 1 is 1.28 bits per heavy atom. The van der Waals surface area contributed by atoms with Crippen LogP contribution < -0.4 is 11.1 Å². The van der Waals surface area contributed by atoms with Crippen molar-refractivity contribution < 1.29 is 4.79 Å². The number of aromatic nitrogens is 2. The van der Waals surface area contributed by atoms with Crippen molar-refractivity contribution in [2.75, 3.05) is 5.32 Å². The van der Waals surface area contributed by atoms with Gasteiger partial charge in [0.15, 0.2) is 0 Å². The Morgan fingerprint density at radius 3 is 2.61 bits per heavy atom. The Kier molecular flexibility index (Phi) is 3.86. The molecule has 0 radical (unpaired) electrons. The molecule has 1 heterocycles. The third-order valence-corrected chi connectivity index (χ3v) is 2.53. The molecule has 6 heteroatoms. The molecule has 0 fully saturated rings. The molecule has 0 aliphatic carbocycles. The predicted octanol–water partition coefficient (Wildman–Crippen LogP) is 1.84. The van der Waals surface area contributed by atoms with Crippen LogP contribution in [0.1, 0.15) is 15.9 Å². The molecule has 92 valence electrons. The van der Waals surface area contributed by atoms with E-state index in [1.165, 1.54) is 12.4 Å². The molecule has 0 saturated carbocycles. The van der Waals surface area contributed by atoms with Crippen LogP contribution in [0.5, 0.6) is 0 Å². The maximum atomic E-state index is 11.9. The first-order valence-corrected chi connectivity index (χ1v) is 5.65. The molecule has 0 spiro atoms. The van der Waals surface area contributed by atoms with Crippen LogP contribution in [0.2, 0.25) is 5.15 Å². The quantitative estimate of drug-likeness (QED) is 0.827. The zero-order valence-corrected chi connectivity index (χ0v) is 10.2. The van der Waals surface area contributed by atoms with Gasteiger partial charge in [-0.1, -0.05) is 23.7 Å². The minimum Gasteiger partial charge on any atom is -0.326 e. The van der Waals surface area contributed by atoms with Crippen molar-refractivity contribution in [2.45, 2.75) is 6.54 Å². The molecule has 18 heavy (non-hydrogen) atoms. The van der Waals surface area contributed by atoms with E-state index in [0.717, 1.165) is 5.56 Å². The molecular formula is C12H11ClN4O. The van der Waals surface area contributed by atoms with Crippen molar-refractivity contribution in [1.82, 2.24) is 9.97 Å². The van der Waals surface area contributed by atoms with Crippen LogP contribution in [-0.4, -0.2) is 15.9 Å². The first-order valence-electron chi connectivity index (χ1n) is 5.27. The Bertz CT molecular complexity index is 556. The van der Waals surface area contributed by atoms with Crippen LogP contribution in [0.4, 0.5) is 5.82 Å². The van der Waals surface area contributed by atoms with Crippen molar-refractivity contribution in [1.29, 1.82) is 0 Å². The van der Waals surface area contributed by atoms with E-state index in [1.807, 2.05) is 12.1 Å². The van der Waals surface area contributed by atoms with Gasteiger partial charge in [0.2, 0.25) is 0 Å². The van der Waals surface area contributed by atoms with Gasteiger partial charge < -0.3 is 11.1 Å². The maximum absolute atomic E-state index is 11.9. The van der Waals surface area contributed by atoms with E-state index in [0.29, 0.717) is 17.9 Å². The zero-order chi connectivity index (χ0) is 13.0. The lowest BCUT2D eigenvalue weighted by molar-refractivity contribution is 0.102. The molecule has 0 aliphatic heterocycles. The van der Waals surface area contributed by atoms with E-state index < -0.39 is 0 Å². The van der Waals surface area contributed by atoms with Crippen molar-refractivity contribution in [3.63, 3.8) is 0 Å². The molecule has 0 aliphatic rings. The van der Waals surface area contributed by atoms with Gasteiger partial charge in [-0.3, -0.25) is 4.79 Å². The molecular weight excluding hydrogens is 252 g/mol. The number of benzene rings is 1. The SMILES string of the molecule is NCc1ccc(C(=O)Nc2cc(Cl)ncn2)cc1. The molecule has 3 N–H and O–H groups in total. The van der Waals surface area contributed by atoms with E-state index >= 15 is 0 Å². The molecule has 2 rings (SSSR count). The molecule has 1 aromatic heterocycles. The Labute approximate surface area is 109 Å². The predicted molar refractivity (Wildman–Crippen MR) is 69.3 cm³/mol. The highest BCUT2D eigenvalue weighted by Gasteiger charge is 2.07. The number of amides is 1. The third kappa shape index (κ3) is 3.03. The lowest BCUT2D eigenvalue weighted by atomic mass is 10.1. The number of carbonyl (C=O) groups is 1. The second-order valence-corrected chi connectivity index (χ2v) is 3.97. The summed E-state index contributed by atoms with van der Waals surface area (Å²) in [5.74, 6) is 0.108. The number of nitrogens with two attached hydrogens (primary N) is 1. The topological polar surface area (TPSA) is 80.9 Å². The number of nitrogens with zero attached hydrogens (tertiary/aromatic N) is 2. The first-order chi connectivity index (χ1) is 8.69. The van der Waals surface area contributed by atoms with Crippen LogP contribution in [-0.2, 0) is 6.54 Å². The Balaban J connectivity index is 2.11. The van der Waals surface area contributed by atoms with Crippen LogP contribution in [0.3, 0.4) is 0 Å². The van der Waals surface area contributed by atoms with E-state index in [-0.39, 0.29) is 11.1 Å². The number of halogens is 1. The summed E-state index contributed by atoms with van der Waals surface area (Å²) in [6.45, 7) is 0.448. The smallest absolute Gasteiger partial charge is 0.256 e. The first kappa shape index (κ1) is 12.5. The highest BCUT2D eigenvalue weighted by Crippen LogP contribution is 2.11. The molecule has 1 amide bonds. The Morgan fingerprint density at radius 2 is 2.00 bits per heavy atom. The van der Waals surface area contributed by atoms with Crippen molar-refractivity contribution in [3.05, 3.63) is 52.9 Å². The van der Waals surface area contributed by atoms with E-state index in [1.54, 1.807) is 12.1 Å². The normalized spacial score (nSPS) is 10.1. The summed E-state index contributed by atoms with van der Waals surface area (Å²) in [6.07, 6.45) is 1.29. The summed E-state index contributed by atoms with van der Waals surface area (Å²) in [7, 11) is 0. The van der Waals surface area contributed by atoms with Crippen LogP contribution >= 0.6 is 11.6 Å². The largest absolute Gasteiger partial charge is 0.326 e. The number of nitrogens with one attached hydrogen (secondary N) is 1. The average molecular weight is 263 g/mol. The Hall–Kier alpha value is -1.98. The van der Waals surface area contributed by atoms with Crippen molar-refractivity contribution in [2.24, 2.45) is 5.73 Å². The van der Waals surface area contributed by atoms with Gasteiger partial charge in [0.25, 0.3) is 5.91 Å². The van der Waals surface area contributed by atoms with Gasteiger partial charge in [-0.2, -0.15) is 0 Å². The fourth-order valence-corrected chi connectivity index (χ4v) is 1.53. The van der Waals surface area contributed by atoms with E-state index in [4.69, 9.17) is 17.3 Å². The molecule has 0 bridgehead atoms. The summed E-state index contributed by atoms with van der Waals surface area (Å²) in [4.78, 5) is 19.5. The molecule has 5 nitrogen and oxygen atoms in total. The number of rotatable bonds is 3. The zero-order valence-electron chi connectivity index (χ0n) is 9.43. The van der Waals surface area contributed by atoms with Crippen LogP contribution in [0.15, 0.2) is 36.7 Å². The molecule has 0 saturated heterocycles. The molecule has 1 aromatic carbocycles. The summed E-state index contributed by atoms with van der Waals surface area (Å²) in [5, 5.41) is 2.91. The van der Waals surface area contributed by atoms with Crippen LogP contribution in [0, 0.1) is 0 Å². The van der Waals surface area contributed by atoms with Gasteiger partial charge in [-0.25, -0.2) is 9.97 Å². The van der Waals surface area contributed by atoms with E-state index in [9.17, 15) is 4.79 Å². The third-order valence-electron chi connectivity index (χ3n) is 2.33. The fraction of sp³-hybridized carbons (Fsp3) is 0.0833. The molecule has 0 unspecified atom stereocenters. The number of hydrogen-bond donors (Lipinski definition) is 2. The van der Waals surface area contributed by atoms with Gasteiger partial charge >= 0.3 is 0 Å². The highest BCUT2D eigenvalue weighted by atomic mass is 35.5. The monoisotopic (exact) mass is 262 g/mol.